The van der Waals surface area contributed by atoms with Crippen LogP contribution >= 0.6 is 0 Å². The Bertz CT molecular complexity index is 626. The molecule has 0 aliphatic heterocycles. The second-order valence-corrected chi connectivity index (χ2v) is 5.40. The molecule has 6 nitrogen and oxygen atoms in total. The molecule has 0 saturated heterocycles. The Balaban J connectivity index is 1.88. The van der Waals surface area contributed by atoms with Crippen molar-refractivity contribution in [1.29, 1.82) is 0 Å². The van der Waals surface area contributed by atoms with Crippen LogP contribution < -0.4 is 10.1 Å². The molecule has 1 aromatic heterocycles. The summed E-state index contributed by atoms with van der Waals surface area (Å²) in [4.78, 5) is 12.3. The molecule has 1 amide bonds. The molecule has 0 saturated carbocycles. The fourth-order valence-corrected chi connectivity index (χ4v) is 2.19. The fraction of sp³-hybridized carbons (Fsp3) is 0.444. The van der Waals surface area contributed by atoms with Gasteiger partial charge >= 0.3 is 0 Å². The third kappa shape index (κ3) is 5.09. The Hall–Kier alpha value is -2.34. The van der Waals surface area contributed by atoms with Crippen molar-refractivity contribution in [2.24, 2.45) is 0 Å². The van der Waals surface area contributed by atoms with E-state index in [1.54, 1.807) is 10.9 Å². The molecule has 1 heterocycles. The molecule has 0 aliphatic rings. The van der Waals surface area contributed by atoms with E-state index in [0.717, 1.165) is 31.6 Å². The smallest absolute Gasteiger partial charge is 0.275 e. The molecule has 0 bridgehead atoms. The van der Waals surface area contributed by atoms with Crippen LogP contribution in [0.15, 0.2) is 36.5 Å². The quantitative estimate of drug-likeness (QED) is 0.680. The van der Waals surface area contributed by atoms with Crippen LogP contribution in [0.2, 0.25) is 0 Å². The number of amides is 1. The van der Waals surface area contributed by atoms with Gasteiger partial charge in [-0.2, -0.15) is 5.10 Å². The van der Waals surface area contributed by atoms with Crippen molar-refractivity contribution >= 4 is 5.91 Å². The molecule has 1 aromatic carbocycles. The highest BCUT2D eigenvalue weighted by molar-refractivity contribution is 5.94. The van der Waals surface area contributed by atoms with Gasteiger partial charge in [-0.15, -0.1) is 0 Å². The number of para-hydroxylation sites is 1. The van der Waals surface area contributed by atoms with Gasteiger partial charge in [-0.1, -0.05) is 31.5 Å². The molecule has 0 fully saturated rings. The van der Waals surface area contributed by atoms with Crippen LogP contribution in [0.1, 0.15) is 36.7 Å². The lowest BCUT2D eigenvalue weighted by molar-refractivity contribution is 0.0932. The zero-order valence-electron chi connectivity index (χ0n) is 14.3. The predicted octanol–water partition coefficient (Wildman–Crippen LogP) is 2.82. The summed E-state index contributed by atoms with van der Waals surface area (Å²) in [6, 6.07) is 9.60. The number of methoxy groups -OCH3 is 1. The molecule has 0 radical (unpaired) electrons. The van der Waals surface area contributed by atoms with Gasteiger partial charge in [0.1, 0.15) is 0 Å². The molecule has 0 spiro atoms. The number of nitrogens with one attached hydrogen (secondary N) is 1. The van der Waals surface area contributed by atoms with E-state index < -0.39 is 0 Å². The first-order chi connectivity index (χ1) is 11.8. The minimum atomic E-state index is -0.241. The van der Waals surface area contributed by atoms with E-state index >= 15 is 0 Å². The third-order valence-corrected chi connectivity index (χ3v) is 3.53. The Kier molecular flexibility index (Phi) is 7.29. The highest BCUT2D eigenvalue weighted by Crippen LogP contribution is 2.19. The van der Waals surface area contributed by atoms with Gasteiger partial charge in [0.05, 0.1) is 19.0 Å². The zero-order valence-corrected chi connectivity index (χ0v) is 14.3. The van der Waals surface area contributed by atoms with Crippen molar-refractivity contribution in [2.75, 3.05) is 26.9 Å². The largest absolute Gasteiger partial charge is 0.493 e. The number of ether oxygens (including phenoxy) is 2. The van der Waals surface area contributed by atoms with Crippen molar-refractivity contribution in [3.63, 3.8) is 0 Å². The lowest BCUT2D eigenvalue weighted by atomic mass is 10.3. The van der Waals surface area contributed by atoms with Crippen LogP contribution in [0.4, 0.5) is 0 Å². The summed E-state index contributed by atoms with van der Waals surface area (Å²) in [6.07, 6.45) is 4.68. The molecule has 0 aliphatic carbocycles. The average molecular weight is 331 g/mol. The third-order valence-electron chi connectivity index (χ3n) is 3.53. The first-order valence-corrected chi connectivity index (χ1v) is 8.31. The molecular formula is C18H25N3O3. The maximum Gasteiger partial charge on any atom is 0.275 e. The van der Waals surface area contributed by atoms with Gasteiger partial charge in [0, 0.05) is 19.8 Å². The maximum absolute atomic E-state index is 12.3. The number of hydrogen-bond donors (Lipinski definition) is 1. The van der Waals surface area contributed by atoms with Gasteiger partial charge < -0.3 is 14.8 Å². The van der Waals surface area contributed by atoms with Crippen molar-refractivity contribution < 1.29 is 14.3 Å². The SMILES string of the molecule is CCCCOCCCNC(=O)c1nn(-c2ccccc2)cc1OC. The van der Waals surface area contributed by atoms with Crippen LogP contribution in [0.3, 0.4) is 0 Å². The van der Waals surface area contributed by atoms with E-state index in [0.29, 0.717) is 18.9 Å². The van der Waals surface area contributed by atoms with Gasteiger partial charge in [-0.05, 0) is 25.0 Å². The number of carbonyl (C=O) groups excluding carboxylic acids is 1. The lowest BCUT2D eigenvalue weighted by Gasteiger charge is -2.05. The number of rotatable bonds is 10. The van der Waals surface area contributed by atoms with E-state index in [1.165, 1.54) is 7.11 Å². The Morgan fingerprint density at radius 1 is 1.21 bits per heavy atom. The van der Waals surface area contributed by atoms with E-state index in [4.69, 9.17) is 9.47 Å². The van der Waals surface area contributed by atoms with Gasteiger partial charge in [-0.25, -0.2) is 4.68 Å². The second kappa shape index (κ2) is 9.72. The molecule has 1 N–H and O–H groups in total. The summed E-state index contributed by atoms with van der Waals surface area (Å²) in [6.45, 7) is 4.10. The fourth-order valence-electron chi connectivity index (χ4n) is 2.19. The average Bonchev–Trinajstić information content (AvgIpc) is 3.06. The topological polar surface area (TPSA) is 65.4 Å². The Morgan fingerprint density at radius 3 is 2.67 bits per heavy atom. The highest BCUT2D eigenvalue weighted by Gasteiger charge is 2.17. The number of carbonyl (C=O) groups is 1. The number of unbranched alkanes of at least 4 members (excludes halogenated alkanes) is 1. The molecule has 2 rings (SSSR count). The van der Waals surface area contributed by atoms with E-state index in [-0.39, 0.29) is 11.6 Å². The van der Waals surface area contributed by atoms with Crippen LogP contribution in [0.5, 0.6) is 5.75 Å². The van der Waals surface area contributed by atoms with Crippen molar-refractivity contribution in [1.82, 2.24) is 15.1 Å². The number of aromatic nitrogens is 2. The van der Waals surface area contributed by atoms with Crippen molar-refractivity contribution in [2.45, 2.75) is 26.2 Å². The minimum absolute atomic E-state index is 0.241. The molecule has 0 unspecified atom stereocenters. The summed E-state index contributed by atoms with van der Waals surface area (Å²) >= 11 is 0. The summed E-state index contributed by atoms with van der Waals surface area (Å²) in [5.41, 5.74) is 1.16. The summed E-state index contributed by atoms with van der Waals surface area (Å²) in [5.74, 6) is 0.214. The highest BCUT2D eigenvalue weighted by atomic mass is 16.5. The monoisotopic (exact) mass is 331 g/mol. The first kappa shape index (κ1) is 18.0. The predicted molar refractivity (Wildman–Crippen MR) is 92.8 cm³/mol. The Labute approximate surface area is 142 Å². The maximum atomic E-state index is 12.3. The standard InChI is InChI=1S/C18H25N3O3/c1-3-4-12-24-13-8-11-19-18(22)17-16(23-2)14-21(20-17)15-9-6-5-7-10-15/h5-7,9-10,14H,3-4,8,11-13H2,1-2H3,(H,19,22). The van der Waals surface area contributed by atoms with Crippen molar-refractivity contribution in [3.8, 4) is 11.4 Å². The summed E-state index contributed by atoms with van der Waals surface area (Å²) in [7, 11) is 1.53. The number of hydrogen-bond acceptors (Lipinski definition) is 4. The molecule has 0 atom stereocenters. The molecule has 24 heavy (non-hydrogen) atoms. The minimum Gasteiger partial charge on any atom is -0.493 e. The van der Waals surface area contributed by atoms with Gasteiger partial charge in [0.2, 0.25) is 0 Å². The summed E-state index contributed by atoms with van der Waals surface area (Å²) in [5, 5.41) is 7.19. The molecule has 130 valence electrons. The molecule has 2 aromatic rings. The van der Waals surface area contributed by atoms with Crippen LogP contribution in [0.25, 0.3) is 5.69 Å². The lowest BCUT2D eigenvalue weighted by Crippen LogP contribution is -2.26. The van der Waals surface area contributed by atoms with E-state index in [1.807, 2.05) is 30.3 Å². The first-order valence-electron chi connectivity index (χ1n) is 8.31. The zero-order chi connectivity index (χ0) is 17.2. The molecular weight excluding hydrogens is 306 g/mol. The van der Waals surface area contributed by atoms with Gasteiger partial charge in [0.15, 0.2) is 11.4 Å². The molecule has 6 heteroatoms. The number of nitrogens with zero attached hydrogens (tertiary/aromatic N) is 2. The van der Waals surface area contributed by atoms with Crippen LogP contribution in [-0.2, 0) is 4.74 Å². The Morgan fingerprint density at radius 2 is 1.96 bits per heavy atom. The van der Waals surface area contributed by atoms with E-state index in [9.17, 15) is 4.79 Å². The number of benzene rings is 1. The van der Waals surface area contributed by atoms with Crippen LogP contribution in [0, 0.1) is 0 Å². The van der Waals surface area contributed by atoms with Gasteiger partial charge in [-0.3, -0.25) is 4.79 Å². The van der Waals surface area contributed by atoms with Gasteiger partial charge in [0.25, 0.3) is 5.91 Å². The van der Waals surface area contributed by atoms with Crippen molar-refractivity contribution in [3.05, 3.63) is 42.2 Å². The van der Waals surface area contributed by atoms with E-state index in [2.05, 4.69) is 17.3 Å². The van der Waals surface area contributed by atoms with Crippen LogP contribution in [-0.4, -0.2) is 42.6 Å². The second-order valence-electron chi connectivity index (χ2n) is 5.40. The normalized spacial score (nSPS) is 10.6. The summed E-state index contributed by atoms with van der Waals surface area (Å²) < 4.78 is 12.4.